The van der Waals surface area contributed by atoms with E-state index in [2.05, 4.69) is 5.10 Å². The first-order valence-corrected chi connectivity index (χ1v) is 12.3. The van der Waals surface area contributed by atoms with Crippen LogP contribution >= 0.6 is 11.6 Å². The standard InChI is InChI=1S/C22H23ClF2N4O3S/c23-18-8-6-17(7-9-18)20-19(16-4-2-1-3-5-16)10-13-29(26-20)21(30)27-33(31,32)28-14-11-22(24,25)12-15-28/h1-9,19H,10-15H2,(H,27,30). The molecule has 0 radical (unpaired) electrons. The second-order valence-electron chi connectivity index (χ2n) is 8.03. The second kappa shape index (κ2) is 9.36. The van der Waals surface area contributed by atoms with Crippen LogP contribution in [0.15, 0.2) is 59.7 Å². The van der Waals surface area contributed by atoms with Gasteiger partial charge in [0.2, 0.25) is 0 Å². The predicted molar refractivity (Wildman–Crippen MR) is 122 cm³/mol. The van der Waals surface area contributed by atoms with Gasteiger partial charge in [0, 0.05) is 43.4 Å². The van der Waals surface area contributed by atoms with Gasteiger partial charge in [0.1, 0.15) is 0 Å². The van der Waals surface area contributed by atoms with E-state index in [4.69, 9.17) is 11.6 Å². The molecule has 1 saturated heterocycles. The number of halogens is 3. The lowest BCUT2D eigenvalue weighted by atomic mass is 9.86. The third kappa shape index (κ3) is 5.51. The minimum atomic E-state index is -4.26. The molecule has 2 aromatic carbocycles. The predicted octanol–water partition coefficient (Wildman–Crippen LogP) is 4.22. The van der Waals surface area contributed by atoms with Crippen LogP contribution in [-0.2, 0) is 10.2 Å². The van der Waals surface area contributed by atoms with Crippen LogP contribution in [0, 0.1) is 0 Å². The van der Waals surface area contributed by atoms with Crippen molar-refractivity contribution in [3.8, 4) is 0 Å². The number of benzene rings is 2. The normalized spacial score (nSPS) is 21.4. The van der Waals surface area contributed by atoms with Gasteiger partial charge >= 0.3 is 16.2 Å². The molecule has 0 spiro atoms. The smallest absolute Gasteiger partial charge is 0.245 e. The molecule has 33 heavy (non-hydrogen) atoms. The number of carbonyl (C=O) groups excluding carboxylic acids is 1. The summed E-state index contributed by atoms with van der Waals surface area (Å²) in [5.74, 6) is -3.00. The quantitative estimate of drug-likeness (QED) is 0.688. The zero-order chi connectivity index (χ0) is 23.6. The van der Waals surface area contributed by atoms with Crippen molar-refractivity contribution in [1.82, 2.24) is 14.0 Å². The largest absolute Gasteiger partial charge is 0.352 e. The Hall–Kier alpha value is -2.56. The van der Waals surface area contributed by atoms with Crippen LogP contribution in [0.3, 0.4) is 0 Å². The Labute approximate surface area is 196 Å². The SMILES string of the molecule is O=C(NS(=O)(=O)N1CCC(F)(F)CC1)N1CCC(c2ccccc2)C(c2ccc(Cl)cc2)=N1. The number of carbonyl (C=O) groups is 1. The summed E-state index contributed by atoms with van der Waals surface area (Å²) in [6.45, 7) is -0.522. The Balaban J connectivity index is 1.57. The van der Waals surface area contributed by atoms with Crippen LogP contribution in [-0.4, -0.2) is 55.0 Å². The maximum absolute atomic E-state index is 13.4. The number of hydrogen-bond acceptors (Lipinski definition) is 4. The van der Waals surface area contributed by atoms with Crippen LogP contribution in [0.25, 0.3) is 0 Å². The first-order chi connectivity index (χ1) is 15.6. The van der Waals surface area contributed by atoms with E-state index < -0.39 is 35.0 Å². The Bertz CT molecular complexity index is 1130. The molecule has 0 bridgehead atoms. The molecule has 1 atom stereocenters. The molecule has 2 aliphatic rings. The molecule has 0 aliphatic carbocycles. The van der Waals surface area contributed by atoms with Gasteiger partial charge in [-0.3, -0.25) is 0 Å². The van der Waals surface area contributed by atoms with Crippen molar-refractivity contribution in [2.45, 2.75) is 31.1 Å². The number of urea groups is 1. The first-order valence-electron chi connectivity index (χ1n) is 10.5. The average Bonchev–Trinajstić information content (AvgIpc) is 2.79. The van der Waals surface area contributed by atoms with Gasteiger partial charge in [0.25, 0.3) is 5.92 Å². The fraction of sp³-hybridized carbons (Fsp3) is 0.364. The third-order valence-electron chi connectivity index (χ3n) is 5.77. The molecule has 11 heteroatoms. The molecule has 1 unspecified atom stereocenters. The Morgan fingerprint density at radius 3 is 2.30 bits per heavy atom. The summed E-state index contributed by atoms with van der Waals surface area (Å²) in [5.41, 5.74) is 2.38. The van der Waals surface area contributed by atoms with Gasteiger partial charge in [-0.15, -0.1) is 0 Å². The van der Waals surface area contributed by atoms with E-state index in [1.807, 2.05) is 35.1 Å². The summed E-state index contributed by atoms with van der Waals surface area (Å²) in [6.07, 6.45) is -0.637. The molecule has 7 nitrogen and oxygen atoms in total. The average molecular weight is 497 g/mol. The van der Waals surface area contributed by atoms with Crippen molar-refractivity contribution in [2.24, 2.45) is 5.10 Å². The molecule has 2 heterocycles. The van der Waals surface area contributed by atoms with Gasteiger partial charge in [0.05, 0.1) is 5.71 Å². The van der Waals surface area contributed by atoms with E-state index in [1.165, 1.54) is 0 Å². The number of piperidine rings is 1. The van der Waals surface area contributed by atoms with E-state index in [9.17, 15) is 22.0 Å². The molecule has 0 aromatic heterocycles. The summed E-state index contributed by atoms with van der Waals surface area (Å²) in [4.78, 5) is 12.8. The van der Waals surface area contributed by atoms with Gasteiger partial charge in [-0.25, -0.2) is 23.3 Å². The lowest BCUT2D eigenvalue weighted by Crippen LogP contribution is -2.52. The fourth-order valence-electron chi connectivity index (χ4n) is 3.96. The van der Waals surface area contributed by atoms with E-state index in [0.29, 0.717) is 17.2 Å². The number of hydrazone groups is 1. The monoisotopic (exact) mass is 496 g/mol. The second-order valence-corrected chi connectivity index (χ2v) is 10.1. The van der Waals surface area contributed by atoms with Gasteiger partial charge in [-0.05, 0) is 29.7 Å². The lowest BCUT2D eigenvalue weighted by molar-refractivity contribution is -0.0413. The number of rotatable bonds is 4. The Morgan fingerprint density at radius 1 is 1.03 bits per heavy atom. The van der Waals surface area contributed by atoms with Gasteiger partial charge in [-0.1, -0.05) is 54.1 Å². The maximum Gasteiger partial charge on any atom is 0.352 e. The molecule has 176 valence electrons. The first kappa shape index (κ1) is 23.6. The Kier molecular flexibility index (Phi) is 6.69. The molecule has 0 saturated carbocycles. The van der Waals surface area contributed by atoms with E-state index in [1.54, 1.807) is 24.3 Å². The van der Waals surface area contributed by atoms with Crippen LogP contribution < -0.4 is 4.72 Å². The van der Waals surface area contributed by atoms with E-state index in [0.717, 1.165) is 20.4 Å². The fourth-order valence-corrected chi connectivity index (χ4v) is 5.20. The number of nitrogens with zero attached hydrogens (tertiary/aromatic N) is 3. The van der Waals surface area contributed by atoms with Gasteiger partial charge in [0.15, 0.2) is 0 Å². The Morgan fingerprint density at radius 2 is 1.67 bits per heavy atom. The number of amides is 2. The van der Waals surface area contributed by atoms with Crippen LogP contribution in [0.4, 0.5) is 13.6 Å². The number of alkyl halides is 2. The molecule has 4 rings (SSSR count). The maximum atomic E-state index is 13.4. The third-order valence-corrected chi connectivity index (χ3v) is 7.50. The van der Waals surface area contributed by atoms with E-state index >= 15 is 0 Å². The highest BCUT2D eigenvalue weighted by atomic mass is 35.5. The minimum Gasteiger partial charge on any atom is -0.245 e. The van der Waals surface area contributed by atoms with Gasteiger partial charge in [-0.2, -0.15) is 17.8 Å². The lowest BCUT2D eigenvalue weighted by Gasteiger charge is -2.33. The van der Waals surface area contributed by atoms with Crippen LogP contribution in [0.2, 0.25) is 5.02 Å². The van der Waals surface area contributed by atoms with Crippen LogP contribution in [0.1, 0.15) is 36.3 Å². The summed E-state index contributed by atoms with van der Waals surface area (Å²) < 4.78 is 54.8. The summed E-state index contributed by atoms with van der Waals surface area (Å²) >= 11 is 6.01. The molecular formula is C22H23ClF2N4O3S. The topological polar surface area (TPSA) is 82.1 Å². The highest BCUT2D eigenvalue weighted by Crippen LogP contribution is 2.31. The highest BCUT2D eigenvalue weighted by molar-refractivity contribution is 7.87. The zero-order valence-electron chi connectivity index (χ0n) is 17.6. The van der Waals surface area contributed by atoms with Crippen molar-refractivity contribution in [3.05, 3.63) is 70.7 Å². The zero-order valence-corrected chi connectivity index (χ0v) is 19.2. The van der Waals surface area contributed by atoms with Crippen molar-refractivity contribution >= 4 is 33.6 Å². The van der Waals surface area contributed by atoms with Crippen molar-refractivity contribution in [2.75, 3.05) is 19.6 Å². The van der Waals surface area contributed by atoms with Crippen LogP contribution in [0.5, 0.6) is 0 Å². The minimum absolute atomic E-state index is 0.0997. The molecule has 2 aliphatic heterocycles. The van der Waals surface area contributed by atoms with E-state index in [-0.39, 0.29) is 25.6 Å². The molecular weight excluding hydrogens is 474 g/mol. The number of hydrogen-bond donors (Lipinski definition) is 1. The molecule has 2 amide bonds. The van der Waals surface area contributed by atoms with Crippen molar-refractivity contribution in [1.29, 1.82) is 0 Å². The summed E-state index contributed by atoms with van der Waals surface area (Å²) in [7, 11) is -4.26. The van der Waals surface area contributed by atoms with Crippen molar-refractivity contribution < 1.29 is 22.0 Å². The molecule has 1 N–H and O–H groups in total. The molecule has 1 fully saturated rings. The summed E-state index contributed by atoms with van der Waals surface area (Å²) in [6, 6.07) is 15.8. The molecule has 2 aromatic rings. The number of nitrogens with one attached hydrogen (secondary N) is 1. The highest BCUT2D eigenvalue weighted by Gasteiger charge is 2.39. The van der Waals surface area contributed by atoms with Gasteiger partial charge < -0.3 is 0 Å². The van der Waals surface area contributed by atoms with Crippen molar-refractivity contribution in [3.63, 3.8) is 0 Å². The summed E-state index contributed by atoms with van der Waals surface area (Å²) in [5, 5.41) is 6.11.